The van der Waals surface area contributed by atoms with E-state index in [1.807, 2.05) is 4.90 Å². The van der Waals surface area contributed by atoms with Crippen LogP contribution in [0.5, 0.6) is 0 Å². The highest BCUT2D eigenvalue weighted by Gasteiger charge is 2.24. The van der Waals surface area contributed by atoms with Crippen molar-refractivity contribution in [1.29, 1.82) is 0 Å². The van der Waals surface area contributed by atoms with Crippen molar-refractivity contribution in [2.45, 2.75) is 0 Å². The van der Waals surface area contributed by atoms with Crippen LogP contribution in [0.4, 0.5) is 10.2 Å². The van der Waals surface area contributed by atoms with Crippen LogP contribution in [0, 0.1) is 5.95 Å². The SMILES string of the molecule is NS(=O)(=O)N1CCN(c2cccc(F)n2)CC1. The fourth-order valence-electron chi connectivity index (χ4n) is 1.75. The van der Waals surface area contributed by atoms with E-state index >= 15 is 0 Å². The van der Waals surface area contributed by atoms with Gasteiger partial charge in [-0.25, -0.2) is 10.1 Å². The lowest BCUT2D eigenvalue weighted by atomic mass is 10.3. The molecule has 0 saturated carbocycles. The van der Waals surface area contributed by atoms with Gasteiger partial charge in [0.25, 0.3) is 10.2 Å². The lowest BCUT2D eigenvalue weighted by molar-refractivity contribution is 0.383. The summed E-state index contributed by atoms with van der Waals surface area (Å²) >= 11 is 0. The largest absolute Gasteiger partial charge is 0.354 e. The molecule has 6 nitrogen and oxygen atoms in total. The zero-order valence-corrected chi connectivity index (χ0v) is 9.90. The van der Waals surface area contributed by atoms with Crippen LogP contribution in [-0.4, -0.2) is 43.9 Å². The molecule has 1 aliphatic heterocycles. The van der Waals surface area contributed by atoms with E-state index in [1.54, 1.807) is 12.1 Å². The van der Waals surface area contributed by atoms with Gasteiger partial charge in [-0.15, -0.1) is 0 Å². The molecule has 0 aliphatic carbocycles. The number of nitrogens with zero attached hydrogens (tertiary/aromatic N) is 3. The summed E-state index contributed by atoms with van der Waals surface area (Å²) in [5, 5.41) is 5.02. The summed E-state index contributed by atoms with van der Waals surface area (Å²) in [5.41, 5.74) is 0. The normalized spacial score (nSPS) is 18.4. The molecule has 0 aromatic carbocycles. The maximum Gasteiger partial charge on any atom is 0.277 e. The van der Waals surface area contributed by atoms with Crippen LogP contribution in [0.25, 0.3) is 0 Å². The standard InChI is InChI=1S/C9H13FN4O2S/c10-8-2-1-3-9(12-8)13-4-6-14(7-5-13)17(11,15)16/h1-3H,4-7H2,(H2,11,15,16). The van der Waals surface area contributed by atoms with Gasteiger partial charge in [0.15, 0.2) is 0 Å². The van der Waals surface area contributed by atoms with Crippen molar-refractivity contribution in [3.8, 4) is 0 Å². The predicted octanol–water partition coefficient (Wildman–Crippen LogP) is -0.454. The van der Waals surface area contributed by atoms with Gasteiger partial charge in [0.2, 0.25) is 5.95 Å². The van der Waals surface area contributed by atoms with Crippen LogP contribution in [0.3, 0.4) is 0 Å². The zero-order valence-electron chi connectivity index (χ0n) is 9.08. The number of hydrogen-bond acceptors (Lipinski definition) is 4. The van der Waals surface area contributed by atoms with Crippen LogP contribution in [0.2, 0.25) is 0 Å². The van der Waals surface area contributed by atoms with Crippen molar-refractivity contribution in [1.82, 2.24) is 9.29 Å². The number of halogens is 1. The van der Waals surface area contributed by atoms with E-state index in [4.69, 9.17) is 5.14 Å². The van der Waals surface area contributed by atoms with E-state index < -0.39 is 16.2 Å². The van der Waals surface area contributed by atoms with Gasteiger partial charge in [0.1, 0.15) is 5.82 Å². The predicted molar refractivity (Wildman–Crippen MR) is 61.1 cm³/mol. The molecule has 1 aromatic heterocycles. The smallest absolute Gasteiger partial charge is 0.277 e. The molecule has 0 spiro atoms. The molecule has 8 heteroatoms. The Morgan fingerprint density at radius 1 is 1.24 bits per heavy atom. The van der Waals surface area contributed by atoms with Crippen molar-refractivity contribution in [2.75, 3.05) is 31.1 Å². The minimum atomic E-state index is -3.63. The molecular formula is C9H13FN4O2S. The average Bonchev–Trinajstić information content (AvgIpc) is 2.28. The van der Waals surface area contributed by atoms with Crippen molar-refractivity contribution >= 4 is 16.0 Å². The van der Waals surface area contributed by atoms with E-state index in [0.29, 0.717) is 18.9 Å². The number of aromatic nitrogens is 1. The third kappa shape index (κ3) is 2.90. The maximum atomic E-state index is 12.9. The Kier molecular flexibility index (Phi) is 3.27. The molecular weight excluding hydrogens is 247 g/mol. The molecule has 2 N–H and O–H groups in total. The summed E-state index contributed by atoms with van der Waals surface area (Å²) in [7, 11) is -3.63. The number of anilines is 1. The van der Waals surface area contributed by atoms with Crippen molar-refractivity contribution in [3.05, 3.63) is 24.1 Å². The summed E-state index contributed by atoms with van der Waals surface area (Å²) in [6.45, 7) is 1.48. The summed E-state index contributed by atoms with van der Waals surface area (Å²) < 4.78 is 36.3. The Labute approximate surface area is 99.0 Å². The molecule has 1 aromatic rings. The van der Waals surface area contributed by atoms with E-state index in [-0.39, 0.29) is 13.1 Å². The van der Waals surface area contributed by atoms with E-state index in [9.17, 15) is 12.8 Å². The molecule has 0 amide bonds. The molecule has 17 heavy (non-hydrogen) atoms. The third-order valence-electron chi connectivity index (χ3n) is 2.62. The summed E-state index contributed by atoms with van der Waals surface area (Å²) in [6.07, 6.45) is 0. The number of rotatable bonds is 2. The number of hydrogen-bond donors (Lipinski definition) is 1. The van der Waals surface area contributed by atoms with Crippen molar-refractivity contribution in [3.63, 3.8) is 0 Å². The van der Waals surface area contributed by atoms with Gasteiger partial charge in [0, 0.05) is 26.2 Å². The topological polar surface area (TPSA) is 79.5 Å². The molecule has 0 radical (unpaired) electrons. The lowest BCUT2D eigenvalue weighted by Crippen LogP contribution is -2.50. The van der Waals surface area contributed by atoms with Crippen LogP contribution < -0.4 is 10.0 Å². The Bertz CT molecular complexity index is 499. The zero-order chi connectivity index (χ0) is 12.5. The van der Waals surface area contributed by atoms with Gasteiger partial charge in [-0.05, 0) is 12.1 Å². The molecule has 1 saturated heterocycles. The monoisotopic (exact) mass is 260 g/mol. The number of nitrogens with two attached hydrogens (primary N) is 1. The second-order valence-corrected chi connectivity index (χ2v) is 5.30. The average molecular weight is 260 g/mol. The van der Waals surface area contributed by atoms with Gasteiger partial charge in [0.05, 0.1) is 0 Å². The minimum Gasteiger partial charge on any atom is -0.354 e. The Morgan fingerprint density at radius 3 is 2.41 bits per heavy atom. The van der Waals surface area contributed by atoms with E-state index in [0.717, 1.165) is 0 Å². The summed E-state index contributed by atoms with van der Waals surface area (Å²) in [6, 6.07) is 4.53. The third-order valence-corrected chi connectivity index (χ3v) is 3.71. The molecule has 2 heterocycles. The first-order valence-electron chi connectivity index (χ1n) is 5.12. The highest BCUT2D eigenvalue weighted by molar-refractivity contribution is 7.86. The first-order valence-corrected chi connectivity index (χ1v) is 6.62. The fraction of sp³-hybridized carbons (Fsp3) is 0.444. The van der Waals surface area contributed by atoms with Crippen LogP contribution in [0.15, 0.2) is 18.2 Å². The van der Waals surface area contributed by atoms with E-state index in [1.165, 1.54) is 10.4 Å². The van der Waals surface area contributed by atoms with Crippen molar-refractivity contribution < 1.29 is 12.8 Å². The Morgan fingerprint density at radius 2 is 1.88 bits per heavy atom. The summed E-state index contributed by atoms with van der Waals surface area (Å²) in [5.74, 6) is -0.0320. The molecule has 0 bridgehead atoms. The van der Waals surface area contributed by atoms with Gasteiger partial charge in [-0.1, -0.05) is 6.07 Å². The first-order chi connectivity index (χ1) is 7.97. The first kappa shape index (κ1) is 12.2. The van der Waals surface area contributed by atoms with Crippen LogP contribution in [-0.2, 0) is 10.2 Å². The quantitative estimate of drug-likeness (QED) is 0.730. The van der Waals surface area contributed by atoms with Crippen LogP contribution in [0.1, 0.15) is 0 Å². The van der Waals surface area contributed by atoms with Crippen molar-refractivity contribution in [2.24, 2.45) is 5.14 Å². The molecule has 0 atom stereocenters. The second-order valence-electron chi connectivity index (χ2n) is 3.75. The highest BCUT2D eigenvalue weighted by Crippen LogP contribution is 2.14. The molecule has 1 fully saturated rings. The Hall–Kier alpha value is -1.25. The van der Waals surface area contributed by atoms with Gasteiger partial charge >= 0.3 is 0 Å². The highest BCUT2D eigenvalue weighted by atomic mass is 32.2. The van der Waals surface area contributed by atoms with E-state index in [2.05, 4.69) is 4.98 Å². The molecule has 0 unspecified atom stereocenters. The van der Waals surface area contributed by atoms with Gasteiger partial charge < -0.3 is 4.90 Å². The minimum absolute atomic E-state index is 0.289. The van der Waals surface area contributed by atoms with Gasteiger partial charge in [-0.3, -0.25) is 0 Å². The summed E-state index contributed by atoms with van der Waals surface area (Å²) in [4.78, 5) is 5.57. The Balaban J connectivity index is 2.05. The maximum absolute atomic E-state index is 12.9. The van der Waals surface area contributed by atoms with Crippen LogP contribution >= 0.6 is 0 Å². The second kappa shape index (κ2) is 4.55. The molecule has 1 aliphatic rings. The lowest BCUT2D eigenvalue weighted by Gasteiger charge is -2.33. The molecule has 2 rings (SSSR count). The van der Waals surface area contributed by atoms with Gasteiger partial charge in [-0.2, -0.15) is 17.1 Å². The number of pyridine rings is 1. The fourth-order valence-corrected chi connectivity index (χ4v) is 2.42. The number of piperazine rings is 1. The molecule has 94 valence electrons.